The van der Waals surface area contributed by atoms with Gasteiger partial charge in [0.2, 0.25) is 9.62 Å². The van der Waals surface area contributed by atoms with Gasteiger partial charge >= 0.3 is 11.9 Å². The SMILES string of the molecule is Cc1ncc([N+](=O)[O-])n1C(=O)OCC(Cl)(Cl)Cl. The summed E-state index contributed by atoms with van der Waals surface area (Å²) in [5.41, 5.74) is 0. The molecule has 0 amide bonds. The molecule has 0 unspecified atom stereocenters. The Morgan fingerprint density at radius 1 is 1.65 bits per heavy atom. The third-order valence-electron chi connectivity index (χ3n) is 1.65. The van der Waals surface area contributed by atoms with Gasteiger partial charge < -0.3 is 14.9 Å². The van der Waals surface area contributed by atoms with E-state index >= 15 is 0 Å². The Labute approximate surface area is 110 Å². The lowest BCUT2D eigenvalue weighted by atomic mass is 10.6. The summed E-state index contributed by atoms with van der Waals surface area (Å²) in [6, 6.07) is 0. The molecule has 0 fully saturated rings. The van der Waals surface area contributed by atoms with Gasteiger partial charge in [-0.15, -0.1) is 4.57 Å². The van der Waals surface area contributed by atoms with Crippen LogP contribution in [-0.2, 0) is 4.74 Å². The fourth-order valence-electron chi connectivity index (χ4n) is 0.995. The van der Waals surface area contributed by atoms with Gasteiger partial charge in [-0.1, -0.05) is 34.8 Å². The van der Waals surface area contributed by atoms with Crippen LogP contribution in [-0.4, -0.2) is 31.0 Å². The highest BCUT2D eigenvalue weighted by molar-refractivity contribution is 6.67. The third kappa shape index (κ3) is 3.72. The fourth-order valence-corrected chi connectivity index (χ4v) is 1.16. The second kappa shape index (κ2) is 5.07. The summed E-state index contributed by atoms with van der Waals surface area (Å²) in [7, 11) is 0. The van der Waals surface area contributed by atoms with Gasteiger partial charge in [0.25, 0.3) is 0 Å². The summed E-state index contributed by atoms with van der Waals surface area (Å²) < 4.78 is 3.50. The highest BCUT2D eigenvalue weighted by atomic mass is 35.6. The van der Waals surface area contributed by atoms with Crippen LogP contribution in [0.5, 0.6) is 0 Å². The molecule has 1 rings (SSSR count). The number of hydrogen-bond donors (Lipinski definition) is 0. The number of aromatic nitrogens is 2. The number of hydrogen-bond acceptors (Lipinski definition) is 5. The van der Waals surface area contributed by atoms with E-state index in [4.69, 9.17) is 34.8 Å². The fraction of sp³-hybridized carbons (Fsp3) is 0.429. The average Bonchev–Trinajstić information content (AvgIpc) is 2.55. The standard InChI is InChI=1S/C7H6Cl3N3O4/c1-4-11-2-5(13(15)16)12(4)6(14)17-3-7(8,9)10/h2H,3H2,1H3. The van der Waals surface area contributed by atoms with Crippen molar-refractivity contribution in [2.24, 2.45) is 0 Å². The van der Waals surface area contributed by atoms with Gasteiger partial charge in [0, 0.05) is 6.92 Å². The van der Waals surface area contributed by atoms with Crippen molar-refractivity contribution in [3.05, 3.63) is 22.1 Å². The van der Waals surface area contributed by atoms with Crippen molar-refractivity contribution in [1.82, 2.24) is 9.55 Å². The molecule has 94 valence electrons. The lowest BCUT2D eigenvalue weighted by Gasteiger charge is -2.09. The first kappa shape index (κ1) is 14.0. The van der Waals surface area contributed by atoms with Gasteiger partial charge in [-0.25, -0.2) is 4.98 Å². The molecule has 0 atom stereocenters. The summed E-state index contributed by atoms with van der Waals surface area (Å²) in [4.78, 5) is 25.0. The zero-order valence-corrected chi connectivity index (χ0v) is 10.7. The first-order valence-corrected chi connectivity index (χ1v) is 5.28. The second-order valence-corrected chi connectivity index (χ2v) is 5.44. The van der Waals surface area contributed by atoms with E-state index in [9.17, 15) is 14.9 Å². The quantitative estimate of drug-likeness (QED) is 0.476. The number of carbonyl (C=O) groups is 1. The van der Waals surface area contributed by atoms with E-state index in [1.54, 1.807) is 0 Å². The van der Waals surface area contributed by atoms with Crippen molar-refractivity contribution >= 4 is 46.7 Å². The number of carbonyl (C=O) groups excluding carboxylic acids is 1. The van der Waals surface area contributed by atoms with E-state index in [1.165, 1.54) is 6.92 Å². The molecule has 10 heteroatoms. The van der Waals surface area contributed by atoms with Gasteiger partial charge in [0.1, 0.15) is 12.8 Å². The summed E-state index contributed by atoms with van der Waals surface area (Å²) in [5.74, 6) is -0.414. The molecule has 1 aromatic rings. The minimum Gasteiger partial charge on any atom is -0.426 e. The van der Waals surface area contributed by atoms with Crippen LogP contribution >= 0.6 is 34.8 Å². The number of rotatable bonds is 2. The van der Waals surface area contributed by atoms with Crippen molar-refractivity contribution in [3.63, 3.8) is 0 Å². The molecular formula is C7H6Cl3N3O4. The average molecular weight is 303 g/mol. The van der Waals surface area contributed by atoms with Crippen molar-refractivity contribution < 1.29 is 14.5 Å². The largest absolute Gasteiger partial charge is 0.513 e. The molecule has 0 aromatic carbocycles. The first-order chi connectivity index (χ1) is 7.72. The monoisotopic (exact) mass is 301 g/mol. The molecule has 0 saturated carbocycles. The smallest absolute Gasteiger partial charge is 0.426 e. The Morgan fingerprint density at radius 3 is 2.71 bits per heavy atom. The highest BCUT2D eigenvalue weighted by Crippen LogP contribution is 2.26. The maximum absolute atomic E-state index is 11.5. The zero-order chi connectivity index (χ0) is 13.2. The van der Waals surface area contributed by atoms with Gasteiger partial charge in [-0.3, -0.25) is 0 Å². The molecule has 0 aliphatic rings. The molecule has 0 N–H and O–H groups in total. The summed E-state index contributed by atoms with van der Waals surface area (Å²) >= 11 is 16.1. The zero-order valence-electron chi connectivity index (χ0n) is 8.39. The molecule has 0 spiro atoms. The predicted octanol–water partition coefficient (Wildman–Crippen LogP) is 2.45. The van der Waals surface area contributed by atoms with E-state index in [0.29, 0.717) is 4.57 Å². The van der Waals surface area contributed by atoms with Gasteiger partial charge in [0.05, 0.1) is 0 Å². The Bertz CT molecular complexity index is 454. The first-order valence-electron chi connectivity index (χ1n) is 4.15. The lowest BCUT2D eigenvalue weighted by molar-refractivity contribution is -0.391. The highest BCUT2D eigenvalue weighted by Gasteiger charge is 2.29. The summed E-state index contributed by atoms with van der Waals surface area (Å²) in [6.07, 6.45) is -0.0932. The van der Waals surface area contributed by atoms with Crippen LogP contribution in [0.25, 0.3) is 0 Å². The molecule has 0 aliphatic carbocycles. The molecule has 0 aliphatic heterocycles. The molecule has 7 nitrogen and oxygen atoms in total. The van der Waals surface area contributed by atoms with Crippen LogP contribution in [0, 0.1) is 17.0 Å². The minimum absolute atomic E-state index is 0.103. The lowest BCUT2D eigenvalue weighted by Crippen LogP contribution is -2.22. The molecule has 1 heterocycles. The summed E-state index contributed by atoms with van der Waals surface area (Å²) in [6.45, 7) is 0.884. The topological polar surface area (TPSA) is 87.3 Å². The van der Waals surface area contributed by atoms with Crippen molar-refractivity contribution in [2.45, 2.75) is 10.7 Å². The second-order valence-electron chi connectivity index (χ2n) is 2.93. The Kier molecular flexibility index (Phi) is 4.18. The molecule has 17 heavy (non-hydrogen) atoms. The molecule has 1 aromatic heterocycles. The number of halogens is 3. The number of aryl methyl sites for hydroxylation is 1. The van der Waals surface area contributed by atoms with Crippen LogP contribution in [0.4, 0.5) is 10.6 Å². The van der Waals surface area contributed by atoms with Crippen LogP contribution < -0.4 is 0 Å². The number of nitro groups is 1. The van der Waals surface area contributed by atoms with Gasteiger partial charge in [0.15, 0.2) is 0 Å². The number of ether oxygens (including phenoxy) is 1. The predicted molar refractivity (Wildman–Crippen MR) is 60.7 cm³/mol. The molecular weight excluding hydrogens is 296 g/mol. The van der Waals surface area contributed by atoms with E-state index in [2.05, 4.69) is 9.72 Å². The number of alkyl halides is 3. The third-order valence-corrected chi connectivity index (χ3v) is 1.98. The summed E-state index contributed by atoms with van der Waals surface area (Å²) in [5, 5.41) is 10.6. The minimum atomic E-state index is -1.78. The van der Waals surface area contributed by atoms with Gasteiger partial charge in [-0.05, 0) is 4.92 Å². The molecule has 0 saturated heterocycles. The maximum atomic E-state index is 11.5. The van der Waals surface area contributed by atoms with Gasteiger partial charge in [-0.2, -0.15) is 4.79 Å². The van der Waals surface area contributed by atoms with Crippen molar-refractivity contribution in [3.8, 4) is 0 Å². The van der Waals surface area contributed by atoms with Crippen molar-refractivity contribution in [2.75, 3.05) is 6.61 Å². The van der Waals surface area contributed by atoms with Crippen molar-refractivity contribution in [1.29, 1.82) is 0 Å². The van der Waals surface area contributed by atoms with Crippen LogP contribution in [0.2, 0.25) is 0 Å². The van der Waals surface area contributed by atoms with E-state index in [0.717, 1.165) is 6.20 Å². The van der Waals surface area contributed by atoms with E-state index < -0.39 is 27.2 Å². The van der Waals surface area contributed by atoms with Crippen LogP contribution in [0.15, 0.2) is 6.20 Å². The van der Waals surface area contributed by atoms with E-state index in [1.807, 2.05) is 0 Å². The van der Waals surface area contributed by atoms with E-state index in [-0.39, 0.29) is 5.82 Å². The normalized spacial score (nSPS) is 11.3. The Hall–Kier alpha value is -1.05. The molecule has 0 radical (unpaired) electrons. The van der Waals surface area contributed by atoms with Crippen LogP contribution in [0.1, 0.15) is 5.82 Å². The van der Waals surface area contributed by atoms with Crippen LogP contribution in [0.3, 0.4) is 0 Å². The number of nitrogens with zero attached hydrogens (tertiary/aromatic N) is 3. The Morgan fingerprint density at radius 2 is 2.24 bits per heavy atom. The molecule has 0 bridgehead atoms. The Balaban J connectivity index is 2.89. The maximum Gasteiger partial charge on any atom is 0.513 e. The number of imidazole rings is 1.